The van der Waals surface area contributed by atoms with Crippen LogP contribution in [0.15, 0.2) is 18.2 Å². The number of anilines is 1. The fourth-order valence-corrected chi connectivity index (χ4v) is 4.24. The number of carboxylic acids is 1. The van der Waals surface area contributed by atoms with Crippen LogP contribution in [0.5, 0.6) is 5.75 Å². The Morgan fingerprint density at radius 2 is 2.19 bits per heavy atom. The first-order valence-corrected chi connectivity index (χ1v) is 9.16. The van der Waals surface area contributed by atoms with Gasteiger partial charge in [0, 0.05) is 18.1 Å². The molecule has 1 aromatic carbocycles. The Kier molecular flexibility index (Phi) is 5.67. The van der Waals surface area contributed by atoms with Gasteiger partial charge in [-0.1, -0.05) is 17.7 Å². The van der Waals surface area contributed by atoms with Gasteiger partial charge in [-0.05, 0) is 29.7 Å². The number of thiophene rings is 1. The third kappa shape index (κ3) is 3.63. The molecule has 26 heavy (non-hydrogen) atoms. The van der Waals surface area contributed by atoms with Crippen molar-refractivity contribution in [2.75, 3.05) is 38.3 Å². The van der Waals surface area contributed by atoms with Crippen LogP contribution >= 0.6 is 22.9 Å². The highest BCUT2D eigenvalue weighted by atomic mass is 35.5. The molecule has 136 valence electrons. The van der Waals surface area contributed by atoms with Gasteiger partial charge in [-0.15, -0.1) is 11.3 Å². The smallest absolute Gasteiger partial charge is 0.344 e. The zero-order chi connectivity index (χ0) is 18.7. The summed E-state index contributed by atoms with van der Waals surface area (Å²) >= 11 is 7.16. The summed E-state index contributed by atoms with van der Waals surface area (Å²) in [6.07, 6.45) is 0.292. The standard InChI is InChI=1S/C18H17ClN2O4S/c1-20-15-13(9-11-3-4-12(19)10-14(11)24-2)16(18(22)23)26-17(15)21-5-7-25-8-6-21/h3-4,10H,5-9H2,2H3,(H,22,23). The lowest BCUT2D eigenvalue weighted by Gasteiger charge is -2.28. The zero-order valence-corrected chi connectivity index (χ0v) is 15.7. The number of carbonyl (C=O) groups is 1. The van der Waals surface area contributed by atoms with Crippen LogP contribution in [0.25, 0.3) is 4.85 Å². The molecule has 0 saturated carbocycles. The van der Waals surface area contributed by atoms with Crippen molar-refractivity contribution in [3.63, 3.8) is 0 Å². The average Bonchev–Trinajstić information content (AvgIpc) is 3.02. The number of carboxylic acid groups (broad SMARTS) is 1. The molecule has 0 aliphatic carbocycles. The number of benzene rings is 1. The molecular weight excluding hydrogens is 376 g/mol. The van der Waals surface area contributed by atoms with E-state index in [1.165, 1.54) is 7.11 Å². The van der Waals surface area contributed by atoms with E-state index in [4.69, 9.17) is 27.6 Å². The number of halogens is 1. The summed E-state index contributed by atoms with van der Waals surface area (Å²) < 4.78 is 10.7. The van der Waals surface area contributed by atoms with Gasteiger partial charge in [-0.2, -0.15) is 0 Å². The molecule has 1 N–H and O–H groups in total. The third-order valence-electron chi connectivity index (χ3n) is 4.18. The Hall–Kier alpha value is -2.27. The van der Waals surface area contributed by atoms with E-state index in [1.54, 1.807) is 18.2 Å². The fraction of sp³-hybridized carbons (Fsp3) is 0.333. The second-order valence-corrected chi connectivity index (χ2v) is 7.15. The van der Waals surface area contributed by atoms with Gasteiger partial charge in [0.25, 0.3) is 0 Å². The largest absolute Gasteiger partial charge is 0.496 e. The van der Waals surface area contributed by atoms with Gasteiger partial charge in [0.05, 0.1) is 31.9 Å². The van der Waals surface area contributed by atoms with E-state index >= 15 is 0 Å². The number of methoxy groups -OCH3 is 1. The Balaban J connectivity index is 2.07. The van der Waals surface area contributed by atoms with Gasteiger partial charge in [0.15, 0.2) is 0 Å². The van der Waals surface area contributed by atoms with Crippen molar-refractivity contribution < 1.29 is 19.4 Å². The number of rotatable bonds is 5. The predicted molar refractivity (Wildman–Crippen MR) is 101 cm³/mol. The van der Waals surface area contributed by atoms with Crippen LogP contribution in [0.3, 0.4) is 0 Å². The quantitative estimate of drug-likeness (QED) is 0.776. The molecule has 6 nitrogen and oxygen atoms in total. The van der Waals surface area contributed by atoms with E-state index < -0.39 is 5.97 Å². The number of hydrogen-bond acceptors (Lipinski definition) is 5. The van der Waals surface area contributed by atoms with Gasteiger partial charge in [0.2, 0.25) is 5.69 Å². The van der Waals surface area contributed by atoms with E-state index in [0.717, 1.165) is 16.9 Å². The molecule has 8 heteroatoms. The van der Waals surface area contributed by atoms with Crippen LogP contribution in [-0.2, 0) is 11.2 Å². The van der Waals surface area contributed by atoms with Crippen molar-refractivity contribution in [1.29, 1.82) is 0 Å². The molecule has 2 heterocycles. The summed E-state index contributed by atoms with van der Waals surface area (Å²) in [6.45, 7) is 10.0. The minimum absolute atomic E-state index is 0.189. The zero-order valence-electron chi connectivity index (χ0n) is 14.1. The first-order chi connectivity index (χ1) is 12.5. The molecule has 3 rings (SSSR count). The SMILES string of the molecule is [C-]#[N+]c1c(N2CCOCC2)sc(C(=O)O)c1Cc1ccc(Cl)cc1OC. The molecule has 0 amide bonds. The summed E-state index contributed by atoms with van der Waals surface area (Å²) in [4.78, 5) is 17.7. The van der Waals surface area contributed by atoms with Crippen molar-refractivity contribution in [3.05, 3.63) is 50.6 Å². The molecule has 0 radical (unpaired) electrons. The van der Waals surface area contributed by atoms with Crippen LogP contribution < -0.4 is 9.64 Å². The van der Waals surface area contributed by atoms with Gasteiger partial charge < -0.3 is 19.5 Å². The first kappa shape index (κ1) is 18.5. The van der Waals surface area contributed by atoms with Crippen LogP contribution in [0.2, 0.25) is 5.02 Å². The van der Waals surface area contributed by atoms with Gasteiger partial charge in [-0.3, -0.25) is 0 Å². The van der Waals surface area contributed by atoms with Gasteiger partial charge >= 0.3 is 5.97 Å². The summed E-state index contributed by atoms with van der Waals surface area (Å²) in [5.74, 6) is -0.453. The second-order valence-electron chi connectivity index (χ2n) is 5.71. The maximum Gasteiger partial charge on any atom is 0.344 e. The first-order valence-electron chi connectivity index (χ1n) is 7.96. The topological polar surface area (TPSA) is 63.4 Å². The lowest BCUT2D eigenvalue weighted by atomic mass is 10.0. The van der Waals surface area contributed by atoms with Gasteiger partial charge in [-0.25, -0.2) is 9.64 Å². The van der Waals surface area contributed by atoms with Crippen LogP contribution in [-0.4, -0.2) is 44.5 Å². The Morgan fingerprint density at radius 1 is 1.46 bits per heavy atom. The van der Waals surface area contributed by atoms with Crippen molar-refractivity contribution in [2.24, 2.45) is 0 Å². The number of nitrogens with zero attached hydrogens (tertiary/aromatic N) is 2. The molecule has 1 aromatic heterocycles. The maximum atomic E-state index is 11.8. The molecule has 1 aliphatic heterocycles. The highest BCUT2D eigenvalue weighted by Gasteiger charge is 2.27. The van der Waals surface area contributed by atoms with Crippen LogP contribution in [0.4, 0.5) is 10.7 Å². The molecule has 1 saturated heterocycles. The molecular formula is C18H17ClN2O4S. The number of aromatic carboxylic acids is 1. The van der Waals surface area contributed by atoms with E-state index in [0.29, 0.717) is 59.7 Å². The van der Waals surface area contributed by atoms with Gasteiger partial charge in [0.1, 0.15) is 10.6 Å². The summed E-state index contributed by atoms with van der Waals surface area (Å²) in [6, 6.07) is 5.21. The van der Waals surface area contributed by atoms with Crippen molar-refractivity contribution >= 4 is 39.6 Å². The maximum absolute atomic E-state index is 11.8. The van der Waals surface area contributed by atoms with Crippen LogP contribution in [0.1, 0.15) is 20.8 Å². The molecule has 2 aromatic rings. The van der Waals surface area contributed by atoms with Crippen molar-refractivity contribution in [1.82, 2.24) is 0 Å². The lowest BCUT2D eigenvalue weighted by Crippen LogP contribution is -2.35. The Morgan fingerprint density at radius 3 is 2.81 bits per heavy atom. The number of hydrogen-bond donors (Lipinski definition) is 1. The Labute approximate surface area is 160 Å². The minimum Gasteiger partial charge on any atom is -0.496 e. The molecule has 0 spiro atoms. The summed E-state index contributed by atoms with van der Waals surface area (Å²) in [7, 11) is 1.54. The predicted octanol–water partition coefficient (Wildman–Crippen LogP) is 4.09. The monoisotopic (exact) mass is 392 g/mol. The second kappa shape index (κ2) is 7.96. The van der Waals surface area contributed by atoms with Crippen LogP contribution in [0, 0.1) is 6.57 Å². The summed E-state index contributed by atoms with van der Waals surface area (Å²) in [5.41, 5.74) is 1.70. The fourth-order valence-electron chi connectivity index (χ4n) is 2.93. The summed E-state index contributed by atoms with van der Waals surface area (Å²) in [5, 5.41) is 10.9. The minimum atomic E-state index is -1.03. The molecule has 0 bridgehead atoms. The molecule has 0 unspecified atom stereocenters. The highest BCUT2D eigenvalue weighted by Crippen LogP contribution is 2.45. The Bertz CT molecular complexity index is 869. The van der Waals surface area contributed by atoms with Crippen molar-refractivity contribution in [3.8, 4) is 5.75 Å². The van der Waals surface area contributed by atoms with E-state index in [2.05, 4.69) is 4.85 Å². The number of morpholine rings is 1. The third-order valence-corrected chi connectivity index (χ3v) is 5.69. The average molecular weight is 393 g/mol. The van der Waals surface area contributed by atoms with E-state index in [-0.39, 0.29) is 4.88 Å². The normalized spacial score (nSPS) is 14.1. The molecule has 1 aliphatic rings. The number of ether oxygens (including phenoxy) is 2. The van der Waals surface area contributed by atoms with E-state index in [1.807, 2.05) is 4.90 Å². The molecule has 1 fully saturated rings. The van der Waals surface area contributed by atoms with Crippen molar-refractivity contribution in [2.45, 2.75) is 6.42 Å². The lowest BCUT2D eigenvalue weighted by molar-refractivity contribution is 0.0701. The molecule has 0 atom stereocenters. The van der Waals surface area contributed by atoms with E-state index in [9.17, 15) is 9.90 Å². The highest BCUT2D eigenvalue weighted by molar-refractivity contribution is 7.18.